The van der Waals surface area contributed by atoms with E-state index in [2.05, 4.69) is 30.4 Å². The third-order valence-electron chi connectivity index (χ3n) is 2.10. The Kier molecular flexibility index (Phi) is 1.76. The average molecular weight is 143 g/mol. The molecule has 0 heterocycles. The lowest BCUT2D eigenvalue weighted by Crippen LogP contribution is -1.89. The van der Waals surface area contributed by atoms with Gasteiger partial charge in [-0.25, -0.2) is 0 Å². The van der Waals surface area contributed by atoms with Crippen molar-refractivity contribution < 1.29 is 0 Å². The van der Waals surface area contributed by atoms with Crippen molar-refractivity contribution in [2.45, 2.75) is 19.3 Å². The topological polar surface area (TPSA) is 0 Å². The van der Waals surface area contributed by atoms with Gasteiger partial charge in [0.05, 0.1) is 0 Å². The Hall–Kier alpha value is -1.04. The second kappa shape index (κ2) is 2.91. The summed E-state index contributed by atoms with van der Waals surface area (Å²) in [6.45, 7) is 0. The largest absolute Gasteiger partial charge is 0.0879 e. The summed E-state index contributed by atoms with van der Waals surface area (Å²) in [5.74, 6) is 0. The van der Waals surface area contributed by atoms with E-state index in [1.54, 1.807) is 0 Å². The van der Waals surface area contributed by atoms with E-state index in [-0.39, 0.29) is 0 Å². The molecule has 1 aromatic rings. The molecular formula is C11H11. The zero-order valence-corrected chi connectivity index (χ0v) is 6.51. The molecule has 0 aliphatic heterocycles. The highest BCUT2D eigenvalue weighted by molar-refractivity contribution is 5.29. The van der Waals surface area contributed by atoms with E-state index in [1.165, 1.54) is 17.5 Å². The van der Waals surface area contributed by atoms with Crippen LogP contribution in [0.4, 0.5) is 0 Å². The molecule has 0 saturated carbocycles. The van der Waals surface area contributed by atoms with Crippen LogP contribution in [0.2, 0.25) is 0 Å². The van der Waals surface area contributed by atoms with Crippen LogP contribution < -0.4 is 0 Å². The van der Waals surface area contributed by atoms with Crippen molar-refractivity contribution >= 4 is 0 Å². The predicted octanol–water partition coefficient (Wildman–Crippen LogP) is 2.53. The smallest absolute Gasteiger partial charge is 0.00945 e. The van der Waals surface area contributed by atoms with E-state index in [4.69, 9.17) is 0 Å². The van der Waals surface area contributed by atoms with Gasteiger partial charge in [-0.2, -0.15) is 0 Å². The molecule has 0 fully saturated rings. The maximum Gasteiger partial charge on any atom is -0.00945 e. The third kappa shape index (κ3) is 1.35. The molecule has 0 aromatic heterocycles. The molecular weight excluding hydrogens is 132 g/mol. The number of hydrogen-bond donors (Lipinski definition) is 0. The molecule has 2 rings (SSSR count). The zero-order chi connectivity index (χ0) is 7.52. The number of hydrogen-bond acceptors (Lipinski definition) is 0. The van der Waals surface area contributed by atoms with Gasteiger partial charge < -0.3 is 0 Å². The maximum atomic E-state index is 3.29. The molecule has 1 radical (unpaired) electrons. The first-order valence-corrected chi connectivity index (χ1v) is 4.10. The van der Waals surface area contributed by atoms with Gasteiger partial charge in [0.1, 0.15) is 0 Å². The summed E-state index contributed by atoms with van der Waals surface area (Å²) in [5, 5.41) is 0. The Balaban J connectivity index is 2.40. The molecule has 1 aliphatic rings. The summed E-state index contributed by atoms with van der Waals surface area (Å²) < 4.78 is 0. The first kappa shape index (κ1) is 6.66. The quantitative estimate of drug-likeness (QED) is 0.489. The van der Waals surface area contributed by atoms with Gasteiger partial charge in [0.2, 0.25) is 0 Å². The highest BCUT2D eigenvalue weighted by atomic mass is 14.1. The van der Waals surface area contributed by atoms with Gasteiger partial charge in [-0.15, -0.1) is 0 Å². The zero-order valence-electron chi connectivity index (χ0n) is 6.51. The average Bonchev–Trinajstić information content (AvgIpc) is 2.28. The summed E-state index contributed by atoms with van der Waals surface area (Å²) >= 11 is 0. The molecule has 1 aromatic carbocycles. The first-order valence-electron chi connectivity index (χ1n) is 4.10. The van der Waals surface area contributed by atoms with Gasteiger partial charge in [0.15, 0.2) is 0 Å². The highest BCUT2D eigenvalue weighted by Gasteiger charge is 2.01. The minimum Gasteiger partial charge on any atom is -0.0879 e. The van der Waals surface area contributed by atoms with E-state index in [0.29, 0.717) is 0 Å². The van der Waals surface area contributed by atoms with Crippen LogP contribution in [0, 0.1) is 6.07 Å². The van der Waals surface area contributed by atoms with Crippen LogP contribution in [0.15, 0.2) is 30.4 Å². The summed E-state index contributed by atoms with van der Waals surface area (Å²) in [4.78, 5) is 0. The van der Waals surface area contributed by atoms with E-state index >= 15 is 0 Å². The standard InChI is InChI=1S/C11H11/c1-2-6-10-8-4-5-9-11(10)7-3-1/h1-2,4-5,8H,3,6-7H2. The molecule has 0 heteroatoms. The van der Waals surface area contributed by atoms with Crippen molar-refractivity contribution in [2.75, 3.05) is 0 Å². The molecule has 0 unspecified atom stereocenters. The minimum atomic E-state index is 1.09. The summed E-state index contributed by atoms with van der Waals surface area (Å²) in [5.41, 5.74) is 2.85. The third-order valence-corrected chi connectivity index (χ3v) is 2.10. The van der Waals surface area contributed by atoms with Crippen LogP contribution >= 0.6 is 0 Å². The van der Waals surface area contributed by atoms with Crippen molar-refractivity contribution in [3.8, 4) is 0 Å². The Labute approximate surface area is 67.6 Å². The number of benzene rings is 1. The molecule has 1 aliphatic carbocycles. The van der Waals surface area contributed by atoms with Gasteiger partial charge in [-0.3, -0.25) is 0 Å². The molecule has 0 bridgehead atoms. The van der Waals surface area contributed by atoms with Gasteiger partial charge >= 0.3 is 0 Å². The highest BCUT2D eigenvalue weighted by Crippen LogP contribution is 2.14. The van der Waals surface area contributed by atoms with Crippen LogP contribution in [0.25, 0.3) is 0 Å². The Morgan fingerprint density at radius 1 is 1.27 bits per heavy atom. The Bertz CT molecular complexity index is 271. The van der Waals surface area contributed by atoms with Crippen molar-refractivity contribution in [1.82, 2.24) is 0 Å². The summed E-state index contributed by atoms with van der Waals surface area (Å²) in [6, 6.07) is 9.56. The lowest BCUT2D eigenvalue weighted by Gasteiger charge is -2.01. The van der Waals surface area contributed by atoms with Gasteiger partial charge in [-0.1, -0.05) is 30.4 Å². The fourth-order valence-corrected chi connectivity index (χ4v) is 1.49. The second-order valence-electron chi connectivity index (χ2n) is 2.89. The molecule has 0 atom stereocenters. The Morgan fingerprint density at radius 3 is 3.27 bits per heavy atom. The monoisotopic (exact) mass is 143 g/mol. The van der Waals surface area contributed by atoms with Crippen LogP contribution in [0.5, 0.6) is 0 Å². The minimum absolute atomic E-state index is 1.09. The number of allylic oxidation sites excluding steroid dienone is 2. The van der Waals surface area contributed by atoms with Crippen molar-refractivity contribution in [3.63, 3.8) is 0 Å². The van der Waals surface area contributed by atoms with Gasteiger partial charge in [0, 0.05) is 0 Å². The molecule has 55 valence electrons. The SMILES string of the molecule is [c]1cccc2c1CCC=CC2. The first-order chi connectivity index (χ1) is 5.47. The normalized spacial score (nSPS) is 15.6. The van der Waals surface area contributed by atoms with Crippen molar-refractivity contribution in [1.29, 1.82) is 0 Å². The molecule has 0 N–H and O–H groups in total. The molecule has 0 nitrogen and oxygen atoms in total. The molecule has 0 spiro atoms. The van der Waals surface area contributed by atoms with Crippen LogP contribution in [0.1, 0.15) is 17.5 Å². The van der Waals surface area contributed by atoms with E-state index in [0.717, 1.165) is 12.8 Å². The Morgan fingerprint density at radius 2 is 2.27 bits per heavy atom. The fraction of sp³-hybridized carbons (Fsp3) is 0.273. The number of rotatable bonds is 0. The van der Waals surface area contributed by atoms with Crippen LogP contribution in [-0.2, 0) is 12.8 Å². The molecule has 0 amide bonds. The van der Waals surface area contributed by atoms with Crippen LogP contribution in [-0.4, -0.2) is 0 Å². The summed E-state index contributed by atoms with van der Waals surface area (Å²) in [7, 11) is 0. The lowest BCUT2D eigenvalue weighted by atomic mass is 10.0. The maximum absolute atomic E-state index is 3.29. The molecule has 11 heavy (non-hydrogen) atoms. The van der Waals surface area contributed by atoms with Crippen molar-refractivity contribution in [2.24, 2.45) is 0 Å². The predicted molar refractivity (Wildman–Crippen MR) is 46.4 cm³/mol. The van der Waals surface area contributed by atoms with Gasteiger partial charge in [-0.05, 0) is 36.5 Å². The number of fused-ring (bicyclic) bond motifs is 1. The van der Waals surface area contributed by atoms with Crippen LogP contribution in [0.3, 0.4) is 0 Å². The fourth-order valence-electron chi connectivity index (χ4n) is 1.49. The van der Waals surface area contributed by atoms with E-state index in [9.17, 15) is 0 Å². The summed E-state index contributed by atoms with van der Waals surface area (Å²) in [6.07, 6.45) is 7.93. The van der Waals surface area contributed by atoms with E-state index < -0.39 is 0 Å². The van der Waals surface area contributed by atoms with Gasteiger partial charge in [0.25, 0.3) is 0 Å². The van der Waals surface area contributed by atoms with Crippen molar-refractivity contribution in [3.05, 3.63) is 47.5 Å². The second-order valence-corrected chi connectivity index (χ2v) is 2.89. The van der Waals surface area contributed by atoms with E-state index in [1.807, 2.05) is 6.07 Å². The molecule has 0 saturated heterocycles. The number of aryl methyl sites for hydroxylation is 1. The lowest BCUT2D eigenvalue weighted by molar-refractivity contribution is 0.998.